The number of benzene rings is 1. The Morgan fingerprint density at radius 1 is 1.31 bits per heavy atom. The van der Waals surface area contributed by atoms with Gasteiger partial charge in [-0.25, -0.2) is 9.78 Å². The maximum Gasteiger partial charge on any atom is 0.573 e. The third kappa shape index (κ3) is 4.47. The lowest BCUT2D eigenvalue weighted by molar-refractivity contribution is -0.274. The number of rotatable bonds is 6. The first kappa shape index (κ1) is 17.6. The van der Waals surface area contributed by atoms with Crippen LogP contribution in [0.3, 0.4) is 0 Å². The summed E-state index contributed by atoms with van der Waals surface area (Å²) in [5, 5.41) is 11.3. The maximum absolute atomic E-state index is 12.7. The predicted octanol–water partition coefficient (Wildman–Crippen LogP) is 3.61. The van der Waals surface area contributed by atoms with Gasteiger partial charge in [-0.3, -0.25) is 0 Å². The molecule has 0 aliphatic heterocycles. The van der Waals surface area contributed by atoms with Gasteiger partial charge in [0.2, 0.25) is 0 Å². The quantitative estimate of drug-likeness (QED) is 0.616. The Hall–Kier alpha value is -3.17. The van der Waals surface area contributed by atoms with Gasteiger partial charge in [-0.15, -0.1) is 13.2 Å². The molecule has 2 aromatic heterocycles. The van der Waals surface area contributed by atoms with Crippen molar-refractivity contribution in [1.82, 2.24) is 15.3 Å². The van der Waals surface area contributed by atoms with Gasteiger partial charge in [-0.2, -0.15) is 0 Å². The van der Waals surface area contributed by atoms with Crippen molar-refractivity contribution in [3.05, 3.63) is 47.8 Å². The normalized spacial score (nSPS) is 11.7. The van der Waals surface area contributed by atoms with Gasteiger partial charge in [0.15, 0.2) is 6.39 Å². The monoisotopic (exact) mass is 369 g/mol. The second-order valence-electron chi connectivity index (χ2n) is 5.53. The minimum atomic E-state index is -4.82. The number of fused-ring (bicyclic) bond motifs is 1. The highest BCUT2D eigenvalue weighted by Gasteiger charge is 2.32. The molecule has 0 aliphatic carbocycles. The zero-order valence-electron chi connectivity index (χ0n) is 13.3. The number of aryl methyl sites for hydroxylation is 2. The Bertz CT molecular complexity index is 903. The summed E-state index contributed by atoms with van der Waals surface area (Å²) < 4.78 is 47.2. The molecule has 0 fully saturated rings. The molecule has 0 bridgehead atoms. The number of alkyl halides is 3. The summed E-state index contributed by atoms with van der Waals surface area (Å²) >= 11 is 0. The van der Waals surface area contributed by atoms with Gasteiger partial charge in [0.1, 0.15) is 12.0 Å². The van der Waals surface area contributed by atoms with E-state index in [0.717, 1.165) is 0 Å². The van der Waals surface area contributed by atoms with Crippen LogP contribution in [0.25, 0.3) is 10.9 Å². The molecule has 3 rings (SSSR count). The number of amides is 1. The largest absolute Gasteiger partial charge is 0.573 e. The van der Waals surface area contributed by atoms with E-state index in [1.165, 1.54) is 18.7 Å². The van der Waals surface area contributed by atoms with E-state index in [0.29, 0.717) is 34.3 Å². The molecule has 26 heavy (non-hydrogen) atoms. The van der Waals surface area contributed by atoms with Gasteiger partial charge < -0.3 is 24.6 Å². The number of aromatic amines is 1. The molecule has 3 N–H and O–H groups in total. The average molecular weight is 369 g/mol. The lowest BCUT2D eigenvalue weighted by Gasteiger charge is -2.13. The van der Waals surface area contributed by atoms with Crippen LogP contribution in [0.2, 0.25) is 0 Å². The Balaban J connectivity index is 1.90. The standard InChI is InChI=1S/C16H14F3N3O4/c17-16(18,19)26-14-5-10-3-12(6-20-15(23)24)22-13(10)4-9(14)1-2-11-7-25-8-21-11/h3-5,7-8,20,22H,1-2,6H2,(H,23,24). The molecule has 3 aromatic rings. The van der Waals surface area contributed by atoms with Crippen LogP contribution in [0.5, 0.6) is 5.75 Å². The molecule has 1 aromatic carbocycles. The molecule has 0 spiro atoms. The van der Waals surface area contributed by atoms with Crippen LogP contribution in [-0.4, -0.2) is 27.5 Å². The Morgan fingerprint density at radius 2 is 2.12 bits per heavy atom. The molecule has 7 nitrogen and oxygen atoms in total. The second-order valence-corrected chi connectivity index (χ2v) is 5.53. The molecule has 0 atom stereocenters. The van der Waals surface area contributed by atoms with Crippen molar-refractivity contribution in [2.24, 2.45) is 0 Å². The number of nitrogens with one attached hydrogen (secondary N) is 2. The van der Waals surface area contributed by atoms with Crippen LogP contribution in [-0.2, 0) is 19.4 Å². The molecule has 0 saturated carbocycles. The van der Waals surface area contributed by atoms with Crippen molar-refractivity contribution in [1.29, 1.82) is 0 Å². The lowest BCUT2D eigenvalue weighted by atomic mass is 10.1. The molecule has 138 valence electrons. The summed E-state index contributed by atoms with van der Waals surface area (Å²) in [6.07, 6.45) is -2.70. The third-order valence-electron chi connectivity index (χ3n) is 3.65. The number of hydrogen-bond acceptors (Lipinski definition) is 4. The minimum Gasteiger partial charge on any atom is -0.465 e. The highest BCUT2D eigenvalue weighted by atomic mass is 19.4. The number of nitrogens with zero attached hydrogens (tertiary/aromatic N) is 1. The number of ether oxygens (including phenoxy) is 1. The fourth-order valence-electron chi connectivity index (χ4n) is 2.57. The Morgan fingerprint density at radius 3 is 2.77 bits per heavy atom. The van der Waals surface area contributed by atoms with Crippen molar-refractivity contribution < 1.29 is 32.2 Å². The zero-order valence-corrected chi connectivity index (χ0v) is 13.3. The molecule has 0 saturated heterocycles. The first-order valence-corrected chi connectivity index (χ1v) is 7.54. The van der Waals surface area contributed by atoms with E-state index >= 15 is 0 Å². The van der Waals surface area contributed by atoms with Crippen molar-refractivity contribution >= 4 is 17.0 Å². The summed E-state index contributed by atoms with van der Waals surface area (Å²) in [6, 6.07) is 4.40. The molecule has 2 heterocycles. The van der Waals surface area contributed by atoms with E-state index in [-0.39, 0.29) is 18.7 Å². The van der Waals surface area contributed by atoms with Crippen LogP contribution < -0.4 is 10.1 Å². The molecular weight excluding hydrogens is 355 g/mol. The van der Waals surface area contributed by atoms with Crippen LogP contribution >= 0.6 is 0 Å². The van der Waals surface area contributed by atoms with E-state index < -0.39 is 12.5 Å². The van der Waals surface area contributed by atoms with Crippen LogP contribution in [0, 0.1) is 0 Å². The summed E-state index contributed by atoms with van der Waals surface area (Å²) in [4.78, 5) is 17.5. The third-order valence-corrected chi connectivity index (χ3v) is 3.65. The molecular formula is C16H14F3N3O4. The van der Waals surface area contributed by atoms with E-state index in [1.54, 1.807) is 12.1 Å². The van der Waals surface area contributed by atoms with Crippen molar-refractivity contribution in [2.75, 3.05) is 0 Å². The van der Waals surface area contributed by atoms with E-state index in [4.69, 9.17) is 9.52 Å². The van der Waals surface area contributed by atoms with Crippen LogP contribution in [0.1, 0.15) is 17.0 Å². The second kappa shape index (κ2) is 6.98. The minimum absolute atomic E-state index is 0.00769. The summed E-state index contributed by atoms with van der Waals surface area (Å²) in [6.45, 7) is 0.00769. The maximum atomic E-state index is 12.7. The predicted molar refractivity (Wildman–Crippen MR) is 83.8 cm³/mol. The smallest absolute Gasteiger partial charge is 0.465 e. The fourth-order valence-corrected chi connectivity index (χ4v) is 2.57. The van der Waals surface area contributed by atoms with Gasteiger partial charge in [0, 0.05) is 16.6 Å². The highest BCUT2D eigenvalue weighted by molar-refractivity contribution is 5.83. The molecule has 0 aliphatic rings. The first-order valence-electron chi connectivity index (χ1n) is 7.54. The molecule has 0 radical (unpaired) electrons. The SMILES string of the molecule is O=C(O)NCc1cc2cc(OC(F)(F)F)c(CCc3cocn3)cc2[nH]1. The molecule has 10 heteroatoms. The summed E-state index contributed by atoms with van der Waals surface area (Å²) in [7, 11) is 0. The number of H-pyrrole nitrogens is 1. The van der Waals surface area contributed by atoms with Crippen molar-refractivity contribution in [3.63, 3.8) is 0 Å². The molecule has 0 unspecified atom stereocenters. The van der Waals surface area contributed by atoms with Gasteiger partial charge in [0.25, 0.3) is 0 Å². The zero-order chi connectivity index (χ0) is 18.7. The number of carbonyl (C=O) groups is 1. The number of oxazole rings is 1. The average Bonchev–Trinajstić information content (AvgIpc) is 3.18. The first-order chi connectivity index (χ1) is 12.3. The van der Waals surface area contributed by atoms with Crippen LogP contribution in [0.4, 0.5) is 18.0 Å². The molecule has 1 amide bonds. The van der Waals surface area contributed by atoms with Gasteiger partial charge >= 0.3 is 12.5 Å². The highest BCUT2D eigenvalue weighted by Crippen LogP contribution is 2.32. The number of carboxylic acid groups (broad SMARTS) is 1. The van der Waals surface area contributed by atoms with Gasteiger partial charge in [-0.1, -0.05) is 0 Å². The van der Waals surface area contributed by atoms with Crippen molar-refractivity contribution in [2.45, 2.75) is 25.7 Å². The fraction of sp³-hybridized carbons (Fsp3) is 0.250. The topological polar surface area (TPSA) is 100 Å². The Kier molecular flexibility index (Phi) is 4.74. The number of halogens is 3. The number of hydrogen-bond donors (Lipinski definition) is 3. The van der Waals surface area contributed by atoms with E-state index in [1.807, 2.05) is 0 Å². The van der Waals surface area contributed by atoms with Crippen LogP contribution in [0.15, 0.2) is 35.3 Å². The summed E-state index contributed by atoms with van der Waals surface area (Å²) in [5.74, 6) is -0.301. The van der Waals surface area contributed by atoms with E-state index in [9.17, 15) is 18.0 Å². The van der Waals surface area contributed by atoms with Gasteiger partial charge in [-0.05, 0) is 36.6 Å². The van der Waals surface area contributed by atoms with Gasteiger partial charge in [0.05, 0.1) is 12.2 Å². The Labute approximate surface area is 144 Å². The van der Waals surface area contributed by atoms with Crippen molar-refractivity contribution in [3.8, 4) is 5.75 Å². The summed E-state index contributed by atoms with van der Waals surface area (Å²) in [5.41, 5.74) is 2.06. The number of aromatic nitrogens is 2. The van der Waals surface area contributed by atoms with E-state index in [2.05, 4.69) is 20.0 Å². The lowest BCUT2D eigenvalue weighted by Crippen LogP contribution is -2.19.